The van der Waals surface area contributed by atoms with Gasteiger partial charge in [0.25, 0.3) is 5.91 Å². The number of halogens is 3. The summed E-state index contributed by atoms with van der Waals surface area (Å²) in [7, 11) is 0. The molecule has 4 heterocycles. The normalized spacial score (nSPS) is 19.5. The van der Waals surface area contributed by atoms with Gasteiger partial charge in [-0.25, -0.2) is 9.78 Å². The van der Waals surface area contributed by atoms with E-state index in [0.29, 0.717) is 37.4 Å². The first kappa shape index (κ1) is 26.0. The number of nitrogens with one attached hydrogen (secondary N) is 1. The van der Waals surface area contributed by atoms with Crippen molar-refractivity contribution in [2.75, 3.05) is 13.1 Å². The standard InChI is InChI=1S/C27H29F3N4O4/c1-14-15(2)32-23-19(14)11-18(12-31-23)17-9-16-6-8-33(24(35)26(3,38)27(28,29)30)13-21(16)20(10-17)22-5-4-7-34(22)25(36)37/h9-12,22,38H,4-8,13H2,1-3H3,(H,31,32)(H,36,37)/t22-,26-/m0/s1. The maximum Gasteiger partial charge on any atom is 0.426 e. The molecule has 11 heteroatoms. The molecule has 38 heavy (non-hydrogen) atoms. The summed E-state index contributed by atoms with van der Waals surface area (Å²) in [4.78, 5) is 34.9. The molecule has 0 bridgehead atoms. The van der Waals surface area contributed by atoms with Crippen LogP contribution in [0.15, 0.2) is 24.4 Å². The van der Waals surface area contributed by atoms with E-state index in [-0.39, 0.29) is 19.5 Å². The van der Waals surface area contributed by atoms with Gasteiger partial charge in [-0.15, -0.1) is 0 Å². The fraction of sp³-hybridized carbons (Fsp3) is 0.444. The molecule has 202 valence electrons. The van der Waals surface area contributed by atoms with Gasteiger partial charge < -0.3 is 25.0 Å². The molecule has 3 N–H and O–H groups in total. The van der Waals surface area contributed by atoms with Gasteiger partial charge >= 0.3 is 12.3 Å². The van der Waals surface area contributed by atoms with Gasteiger partial charge in [-0.05, 0) is 80.0 Å². The van der Waals surface area contributed by atoms with E-state index >= 15 is 0 Å². The van der Waals surface area contributed by atoms with Crippen LogP contribution in [0.4, 0.5) is 18.0 Å². The molecule has 0 unspecified atom stereocenters. The highest BCUT2D eigenvalue weighted by Crippen LogP contribution is 2.41. The Morgan fingerprint density at radius 2 is 1.87 bits per heavy atom. The lowest BCUT2D eigenvalue weighted by Gasteiger charge is -2.37. The van der Waals surface area contributed by atoms with E-state index in [4.69, 9.17) is 0 Å². The molecule has 1 fully saturated rings. The van der Waals surface area contributed by atoms with Crippen LogP contribution in [0.25, 0.3) is 22.2 Å². The van der Waals surface area contributed by atoms with Crippen molar-refractivity contribution in [3.63, 3.8) is 0 Å². The quantitative estimate of drug-likeness (QED) is 0.448. The summed E-state index contributed by atoms with van der Waals surface area (Å²) in [6, 6.07) is 5.35. The summed E-state index contributed by atoms with van der Waals surface area (Å²) in [5.74, 6) is -1.42. The number of pyridine rings is 1. The molecule has 0 spiro atoms. The van der Waals surface area contributed by atoms with Gasteiger partial charge in [-0.3, -0.25) is 4.79 Å². The second-order valence-corrected chi connectivity index (χ2v) is 10.4. The fourth-order valence-corrected chi connectivity index (χ4v) is 5.56. The number of aliphatic hydroxyl groups is 1. The zero-order valence-electron chi connectivity index (χ0n) is 21.3. The van der Waals surface area contributed by atoms with Crippen LogP contribution in [0.3, 0.4) is 0 Å². The average Bonchev–Trinajstić information content (AvgIpc) is 3.46. The van der Waals surface area contributed by atoms with Crippen LogP contribution < -0.4 is 0 Å². The van der Waals surface area contributed by atoms with Crippen molar-refractivity contribution in [3.05, 3.63) is 52.3 Å². The first-order chi connectivity index (χ1) is 17.8. The van der Waals surface area contributed by atoms with Crippen molar-refractivity contribution in [3.8, 4) is 11.1 Å². The molecule has 2 aromatic heterocycles. The van der Waals surface area contributed by atoms with Gasteiger partial charge in [0.15, 0.2) is 0 Å². The number of carbonyl (C=O) groups excluding carboxylic acids is 1. The first-order valence-corrected chi connectivity index (χ1v) is 12.5. The number of fused-ring (bicyclic) bond motifs is 2. The van der Waals surface area contributed by atoms with E-state index in [9.17, 15) is 33.0 Å². The van der Waals surface area contributed by atoms with Crippen LogP contribution in [-0.2, 0) is 17.8 Å². The summed E-state index contributed by atoms with van der Waals surface area (Å²) in [6.45, 7) is 4.64. The number of aromatic amines is 1. The highest BCUT2D eigenvalue weighted by Gasteiger charge is 2.57. The van der Waals surface area contributed by atoms with Crippen LogP contribution in [0.1, 0.15) is 53.8 Å². The van der Waals surface area contributed by atoms with Gasteiger partial charge in [0, 0.05) is 42.5 Å². The van der Waals surface area contributed by atoms with Crippen molar-refractivity contribution >= 4 is 23.0 Å². The smallest absolute Gasteiger partial charge is 0.426 e. The van der Waals surface area contributed by atoms with Crippen molar-refractivity contribution in [2.24, 2.45) is 0 Å². The number of carbonyl (C=O) groups is 2. The Kier molecular flexibility index (Phi) is 6.17. The predicted octanol–water partition coefficient (Wildman–Crippen LogP) is 4.86. The number of nitrogens with zero attached hydrogens (tertiary/aromatic N) is 3. The molecule has 0 radical (unpaired) electrons. The summed E-state index contributed by atoms with van der Waals surface area (Å²) in [5, 5.41) is 20.8. The van der Waals surface area contributed by atoms with Gasteiger partial charge in [-0.1, -0.05) is 6.07 Å². The van der Waals surface area contributed by atoms with Gasteiger partial charge in [0.1, 0.15) is 5.65 Å². The van der Waals surface area contributed by atoms with Crippen LogP contribution >= 0.6 is 0 Å². The number of likely N-dealkylation sites (tertiary alicyclic amines) is 1. The molecule has 8 nitrogen and oxygen atoms in total. The van der Waals surface area contributed by atoms with Crippen molar-refractivity contribution in [2.45, 2.75) is 64.4 Å². The zero-order chi connectivity index (χ0) is 27.6. The number of alkyl halides is 3. The maximum atomic E-state index is 13.4. The molecule has 3 aromatic rings. The van der Waals surface area contributed by atoms with Gasteiger partial charge in [-0.2, -0.15) is 13.2 Å². The lowest BCUT2D eigenvalue weighted by atomic mass is 9.86. The molecule has 1 saturated heterocycles. The monoisotopic (exact) mass is 530 g/mol. The first-order valence-electron chi connectivity index (χ1n) is 12.5. The molecule has 0 aliphatic carbocycles. The third-order valence-corrected chi connectivity index (χ3v) is 7.98. The molecule has 5 rings (SSSR count). The Bertz CT molecular complexity index is 1450. The number of amides is 2. The van der Waals surface area contributed by atoms with Gasteiger partial charge in [0.2, 0.25) is 5.60 Å². The lowest BCUT2D eigenvalue weighted by Crippen LogP contribution is -2.56. The highest BCUT2D eigenvalue weighted by atomic mass is 19.4. The average molecular weight is 531 g/mol. The third-order valence-electron chi connectivity index (χ3n) is 7.98. The van der Waals surface area contributed by atoms with Crippen LogP contribution in [0.5, 0.6) is 0 Å². The van der Waals surface area contributed by atoms with E-state index in [1.807, 2.05) is 32.0 Å². The van der Waals surface area contributed by atoms with Crippen molar-refractivity contribution < 1.29 is 33.0 Å². The topological polar surface area (TPSA) is 110 Å². The number of H-pyrrole nitrogens is 1. The summed E-state index contributed by atoms with van der Waals surface area (Å²) in [5.41, 5.74) is 3.14. The molecular formula is C27H29F3N4O4. The summed E-state index contributed by atoms with van der Waals surface area (Å²) in [6.07, 6.45) is -2.97. The summed E-state index contributed by atoms with van der Waals surface area (Å²) < 4.78 is 40.2. The predicted molar refractivity (Wildman–Crippen MR) is 134 cm³/mol. The minimum absolute atomic E-state index is 0.00165. The third kappa shape index (κ3) is 4.18. The van der Waals surface area contributed by atoms with E-state index in [2.05, 4.69) is 9.97 Å². The molecular weight excluding hydrogens is 501 g/mol. The number of hydrogen-bond acceptors (Lipinski definition) is 4. The van der Waals surface area contributed by atoms with Gasteiger partial charge in [0.05, 0.1) is 6.04 Å². The maximum absolute atomic E-state index is 13.4. The lowest BCUT2D eigenvalue weighted by molar-refractivity contribution is -0.250. The number of aryl methyl sites for hydroxylation is 2. The Morgan fingerprint density at radius 1 is 1.13 bits per heavy atom. The number of aromatic nitrogens is 2. The Labute approximate surface area is 217 Å². The number of rotatable bonds is 3. The number of hydrogen-bond donors (Lipinski definition) is 3. The largest absolute Gasteiger partial charge is 0.465 e. The fourth-order valence-electron chi connectivity index (χ4n) is 5.56. The Hall–Kier alpha value is -3.60. The minimum Gasteiger partial charge on any atom is -0.465 e. The van der Waals surface area contributed by atoms with Crippen LogP contribution in [-0.4, -0.2) is 66.8 Å². The Balaban J connectivity index is 1.61. The van der Waals surface area contributed by atoms with Crippen LogP contribution in [0.2, 0.25) is 0 Å². The molecule has 1 aromatic carbocycles. The molecule has 2 aliphatic heterocycles. The minimum atomic E-state index is -5.12. The zero-order valence-corrected chi connectivity index (χ0v) is 21.3. The van der Waals surface area contributed by atoms with E-state index in [1.54, 1.807) is 6.20 Å². The van der Waals surface area contributed by atoms with Crippen molar-refractivity contribution in [1.29, 1.82) is 0 Å². The highest BCUT2D eigenvalue weighted by molar-refractivity contribution is 5.87. The SMILES string of the molecule is Cc1[nH]c2ncc(-c3cc4c(c([C@@H]5CCCN5C(=O)O)c3)CN(C(=O)[C@](C)(O)C(F)(F)F)CC4)cc2c1C. The number of benzene rings is 1. The molecule has 0 saturated carbocycles. The second-order valence-electron chi connectivity index (χ2n) is 10.4. The molecule has 2 aliphatic rings. The number of carboxylic acid groups (broad SMARTS) is 1. The van der Waals surface area contributed by atoms with Crippen molar-refractivity contribution in [1.82, 2.24) is 19.8 Å². The van der Waals surface area contributed by atoms with Crippen LogP contribution in [0, 0.1) is 13.8 Å². The molecule has 2 amide bonds. The molecule has 2 atom stereocenters. The second kappa shape index (κ2) is 9.00. The summed E-state index contributed by atoms with van der Waals surface area (Å²) >= 11 is 0. The Morgan fingerprint density at radius 3 is 2.55 bits per heavy atom. The van der Waals surface area contributed by atoms with E-state index < -0.39 is 29.8 Å². The van der Waals surface area contributed by atoms with E-state index in [1.165, 1.54) is 4.90 Å². The van der Waals surface area contributed by atoms with E-state index in [0.717, 1.165) is 43.9 Å².